The molecule has 1 heterocycles. The highest BCUT2D eigenvalue weighted by molar-refractivity contribution is 6.01. The molecular weight excluding hydrogens is 266 g/mol. The fourth-order valence-corrected chi connectivity index (χ4v) is 5.04. The van der Waals surface area contributed by atoms with Crippen molar-refractivity contribution >= 4 is 5.71 Å². The van der Waals surface area contributed by atoms with Crippen molar-refractivity contribution in [1.82, 2.24) is 0 Å². The molecule has 2 aliphatic carbocycles. The molecule has 1 nitrogen and oxygen atoms in total. The topological polar surface area (TPSA) is 3.01 Å². The van der Waals surface area contributed by atoms with Gasteiger partial charge in [0, 0.05) is 12.4 Å². The lowest BCUT2D eigenvalue weighted by atomic mass is 9.73. The van der Waals surface area contributed by atoms with Crippen LogP contribution in [-0.2, 0) is 0 Å². The van der Waals surface area contributed by atoms with Gasteiger partial charge in [-0.2, -0.15) is 0 Å². The van der Waals surface area contributed by atoms with Crippen LogP contribution in [0.25, 0.3) is 0 Å². The van der Waals surface area contributed by atoms with E-state index < -0.39 is 24.1 Å². The second-order valence-electron chi connectivity index (χ2n) is 7.55. The second-order valence-corrected chi connectivity index (χ2v) is 7.55. The largest absolute Gasteiger partial charge is 0.205 e. The molecule has 2 bridgehead atoms. The highest BCUT2D eigenvalue weighted by atomic mass is 15.0. The molecule has 4 unspecified atom stereocenters. The maximum absolute atomic E-state index is 9.41. The Balaban J connectivity index is 1.89. The number of hydrogen-bond donors (Lipinski definition) is 0. The summed E-state index contributed by atoms with van der Waals surface area (Å²) in [7, 11) is 2.00. The summed E-state index contributed by atoms with van der Waals surface area (Å²) in [5.41, 5.74) is 2.93. The predicted octanol–water partition coefficient (Wildman–Crippen LogP) is 4.56. The second kappa shape index (κ2) is 4.57. The van der Waals surface area contributed by atoms with E-state index in [2.05, 4.69) is 24.5 Å². The van der Waals surface area contributed by atoms with Gasteiger partial charge in [0.1, 0.15) is 7.05 Å². The van der Waals surface area contributed by atoms with Gasteiger partial charge in [-0.1, -0.05) is 31.5 Å². The van der Waals surface area contributed by atoms with Gasteiger partial charge >= 0.3 is 0 Å². The van der Waals surface area contributed by atoms with E-state index in [9.17, 15) is 2.74 Å². The van der Waals surface area contributed by atoms with Gasteiger partial charge in [-0.3, -0.25) is 0 Å². The van der Waals surface area contributed by atoms with Crippen LogP contribution in [0.2, 0.25) is 0 Å². The molecule has 116 valence electrons. The highest BCUT2D eigenvalue weighted by Crippen LogP contribution is 2.64. The number of rotatable bonds is 1. The zero-order valence-electron chi connectivity index (χ0n) is 18.9. The molecule has 0 radical (unpaired) electrons. The number of hydrogen-bond acceptors (Lipinski definition) is 0. The maximum Gasteiger partial charge on any atom is 0.192 e. The van der Waals surface area contributed by atoms with Crippen molar-refractivity contribution in [2.75, 3.05) is 7.05 Å². The average Bonchev–Trinajstić information content (AvgIpc) is 2.82. The summed E-state index contributed by atoms with van der Waals surface area (Å²) >= 11 is 0. The molecule has 2 saturated carbocycles. The Bertz CT molecular complexity index is 881. The van der Waals surface area contributed by atoms with E-state index >= 15 is 0 Å². The van der Waals surface area contributed by atoms with Gasteiger partial charge in [-0.25, -0.2) is 4.58 Å². The van der Waals surface area contributed by atoms with Gasteiger partial charge in [0.2, 0.25) is 0 Å². The maximum atomic E-state index is 9.41. The monoisotopic (exact) mass is 299 g/mol. The average molecular weight is 299 g/mol. The fraction of sp³-hybridized carbons (Fsp3) is 0.571. The molecular formula is C21H28N+. The summed E-state index contributed by atoms with van der Waals surface area (Å²) in [5, 5.41) is 0. The van der Waals surface area contributed by atoms with E-state index in [4.69, 9.17) is 4.11 Å². The zero-order chi connectivity index (χ0) is 20.0. The minimum absolute atomic E-state index is 0.0200. The summed E-state index contributed by atoms with van der Waals surface area (Å²) in [6.45, 7) is 4.01. The Morgan fingerprint density at radius 1 is 1.27 bits per heavy atom. The van der Waals surface area contributed by atoms with E-state index in [0.29, 0.717) is 5.56 Å². The van der Waals surface area contributed by atoms with E-state index in [1.165, 1.54) is 0 Å². The smallest absolute Gasteiger partial charge is 0.192 e. The van der Waals surface area contributed by atoms with Crippen molar-refractivity contribution in [3.63, 3.8) is 0 Å². The molecule has 4 rings (SSSR count). The summed E-state index contributed by atoms with van der Waals surface area (Å²) < 4.78 is 43.7. The SMILES string of the molecule is [2H]C([2H])([2H])c1ccc(C2=[N+](C)C=CC3C2C2([2H])CCC3([2H])C2(C)C)c(C)c1. The Hall–Kier alpha value is -1.37. The van der Waals surface area contributed by atoms with Crippen molar-refractivity contribution in [3.05, 3.63) is 47.2 Å². The zero-order valence-corrected chi connectivity index (χ0v) is 13.9. The number of aryl methyl sites for hydroxylation is 2. The normalized spacial score (nSPS) is 45.7. The predicted molar refractivity (Wildman–Crippen MR) is 92.3 cm³/mol. The first-order chi connectivity index (χ1) is 12.3. The van der Waals surface area contributed by atoms with Crippen LogP contribution in [0.3, 0.4) is 0 Å². The molecule has 0 N–H and O–H groups in total. The van der Waals surface area contributed by atoms with E-state index in [0.717, 1.165) is 29.7 Å². The first-order valence-corrected chi connectivity index (χ1v) is 8.24. The Morgan fingerprint density at radius 2 is 2.05 bits per heavy atom. The summed E-state index contributed by atoms with van der Waals surface area (Å²) in [4.78, 5) is 0. The highest BCUT2D eigenvalue weighted by Gasteiger charge is 2.62. The summed E-state index contributed by atoms with van der Waals surface area (Å²) in [5.74, 6) is -1.35. The lowest BCUT2D eigenvalue weighted by Gasteiger charge is -2.30. The molecule has 22 heavy (non-hydrogen) atoms. The van der Waals surface area contributed by atoms with Crippen molar-refractivity contribution in [2.24, 2.45) is 29.0 Å². The lowest BCUT2D eigenvalue weighted by molar-refractivity contribution is -0.428. The van der Waals surface area contributed by atoms with Crippen LogP contribution in [0.4, 0.5) is 0 Å². The van der Waals surface area contributed by atoms with Crippen LogP contribution < -0.4 is 0 Å². The van der Waals surface area contributed by atoms with Crippen LogP contribution in [0, 0.1) is 42.8 Å². The van der Waals surface area contributed by atoms with Crippen LogP contribution >= 0.6 is 0 Å². The standard InChI is InChI=1S/C21H28N/c1-13-6-7-15(14(2)12-13)20-19-16(10-11-22(20)5)17-8-9-18(19)21(17,3)4/h6-7,10-12,16-19H,8-9H2,1-5H3/q+1/i1D3,17D,18D. The molecule has 0 spiro atoms. The third-order valence-electron chi connectivity index (χ3n) is 6.10. The van der Waals surface area contributed by atoms with Gasteiger partial charge in [-0.15, -0.1) is 0 Å². The molecule has 1 aromatic rings. The molecule has 1 heteroatoms. The Labute approximate surface area is 141 Å². The first-order valence-electron chi connectivity index (χ1n) is 10.7. The van der Waals surface area contributed by atoms with E-state index in [1.54, 1.807) is 12.1 Å². The molecule has 2 fully saturated rings. The Kier molecular flexibility index (Phi) is 2.01. The molecule has 0 saturated heterocycles. The minimum atomic E-state index is -2.12. The van der Waals surface area contributed by atoms with Crippen LogP contribution in [-0.4, -0.2) is 17.3 Å². The van der Waals surface area contributed by atoms with Crippen molar-refractivity contribution in [1.29, 1.82) is 0 Å². The molecule has 0 aromatic heterocycles. The Morgan fingerprint density at radius 3 is 2.77 bits per heavy atom. The fourth-order valence-electron chi connectivity index (χ4n) is 5.04. The van der Waals surface area contributed by atoms with Crippen LogP contribution in [0.1, 0.15) is 50.2 Å². The molecule has 0 amide bonds. The molecule has 3 aliphatic rings. The number of allylic oxidation sites excluding steroid dienone is 1. The molecule has 1 aromatic carbocycles. The molecule has 4 atom stereocenters. The van der Waals surface area contributed by atoms with Gasteiger partial charge in [-0.05, 0) is 67.4 Å². The van der Waals surface area contributed by atoms with Crippen molar-refractivity contribution in [2.45, 2.75) is 40.5 Å². The van der Waals surface area contributed by atoms with Gasteiger partial charge in [0.15, 0.2) is 11.9 Å². The van der Waals surface area contributed by atoms with Crippen LogP contribution in [0.5, 0.6) is 0 Å². The quantitative estimate of drug-likeness (QED) is 0.669. The summed E-state index contributed by atoms with van der Waals surface area (Å²) in [6.07, 6.45) is 5.67. The summed E-state index contributed by atoms with van der Waals surface area (Å²) in [6, 6.07) is 5.34. The van der Waals surface area contributed by atoms with Gasteiger partial charge in [0.25, 0.3) is 0 Å². The van der Waals surface area contributed by atoms with Crippen molar-refractivity contribution in [3.8, 4) is 0 Å². The van der Waals surface area contributed by atoms with Gasteiger partial charge in [0.05, 0.1) is 5.92 Å². The molecule has 1 aliphatic heterocycles. The van der Waals surface area contributed by atoms with E-state index in [1.807, 2.05) is 26.2 Å². The number of fused-ring (bicyclic) bond motifs is 5. The first kappa shape index (κ1) is 9.70. The third-order valence-corrected chi connectivity index (χ3v) is 6.10. The van der Waals surface area contributed by atoms with Crippen LogP contribution in [0.15, 0.2) is 30.5 Å². The number of nitrogens with zero attached hydrogens (tertiary/aromatic N) is 1. The van der Waals surface area contributed by atoms with Gasteiger partial charge < -0.3 is 0 Å². The van der Waals surface area contributed by atoms with E-state index in [-0.39, 0.29) is 11.8 Å². The lowest BCUT2D eigenvalue weighted by Crippen LogP contribution is -2.37. The van der Waals surface area contributed by atoms with Crippen molar-refractivity contribution < 1.29 is 11.4 Å². The number of benzene rings is 1. The minimum Gasteiger partial charge on any atom is -0.205 e. The third kappa shape index (κ3) is 1.74.